The first kappa shape index (κ1) is 45.7. The molecule has 0 heterocycles. The van der Waals surface area contributed by atoms with E-state index in [1.54, 1.807) is 0 Å². The zero-order chi connectivity index (χ0) is 28.5. The molecule has 8 nitrogen and oxygen atoms in total. The summed E-state index contributed by atoms with van der Waals surface area (Å²) in [4.78, 5) is 39.4. The second-order valence-corrected chi connectivity index (χ2v) is 8.73. The molecule has 0 N–H and O–H groups in total. The first-order valence-electron chi connectivity index (χ1n) is 13.9. The van der Waals surface area contributed by atoms with Crippen LogP contribution in [0.3, 0.4) is 0 Å². The number of unbranched alkanes of at least 4 members (excludes halogenated alkanes) is 12. The van der Waals surface area contributed by atoms with E-state index in [2.05, 4.69) is 27.7 Å². The maximum atomic E-state index is 9.85. The summed E-state index contributed by atoms with van der Waals surface area (Å²) in [5, 5.41) is 39.4. The van der Waals surface area contributed by atoms with Gasteiger partial charge in [-0.15, -0.1) is 0 Å². The van der Waals surface area contributed by atoms with E-state index in [1.807, 2.05) is 0 Å². The topological polar surface area (TPSA) is 161 Å². The Bertz CT molecular complexity index is 411. The second-order valence-electron chi connectivity index (χ2n) is 8.73. The largest absolute Gasteiger partial charge is 4.00 e. The van der Waals surface area contributed by atoms with E-state index in [4.69, 9.17) is 0 Å². The van der Waals surface area contributed by atoms with Crippen molar-refractivity contribution in [3.05, 3.63) is 0 Å². The van der Waals surface area contributed by atoms with Gasteiger partial charge in [0.25, 0.3) is 0 Å². The third-order valence-corrected chi connectivity index (χ3v) is 4.94. The van der Waals surface area contributed by atoms with E-state index < -0.39 is 23.9 Å². The van der Waals surface area contributed by atoms with Gasteiger partial charge in [-0.25, -0.2) is 0 Å². The molecule has 0 aliphatic heterocycles. The van der Waals surface area contributed by atoms with Crippen LogP contribution >= 0.6 is 0 Å². The second kappa shape index (κ2) is 41.9. The van der Waals surface area contributed by atoms with Gasteiger partial charge in [-0.1, -0.05) is 105 Å². The average molecular weight is 608 g/mol. The summed E-state index contributed by atoms with van der Waals surface area (Å²) in [6.07, 6.45) is 17.2. The molecule has 0 aromatic carbocycles. The van der Waals surface area contributed by atoms with E-state index >= 15 is 0 Å². The zero-order valence-corrected chi connectivity index (χ0v) is 26.4. The summed E-state index contributed by atoms with van der Waals surface area (Å²) in [5.74, 6) is -3.70. The van der Waals surface area contributed by atoms with Crippen molar-refractivity contribution in [1.82, 2.24) is 0 Å². The molecule has 37 heavy (non-hydrogen) atoms. The normalized spacial score (nSPS) is 9.19. The van der Waals surface area contributed by atoms with Gasteiger partial charge in [0.2, 0.25) is 0 Å². The molecule has 216 valence electrons. The Hall–Kier alpha value is -1.24. The smallest absolute Gasteiger partial charge is 0.550 e. The first-order valence-corrected chi connectivity index (χ1v) is 13.9. The fourth-order valence-electron chi connectivity index (χ4n) is 2.78. The molecule has 0 saturated heterocycles. The zero-order valence-electron chi connectivity index (χ0n) is 23.9. The minimum Gasteiger partial charge on any atom is -0.550 e. The van der Waals surface area contributed by atoms with E-state index in [0.29, 0.717) is 0 Å². The van der Waals surface area contributed by atoms with Crippen LogP contribution in [0.2, 0.25) is 0 Å². The standard InChI is InChI=1S/4C7H14O2.Zr/c4*1-2-3-4-5-6-7(8)9;/h4*2-6H2,1H3,(H,8,9);/q;;;;+4/p-4. The Morgan fingerprint density at radius 3 is 0.622 bits per heavy atom. The van der Waals surface area contributed by atoms with E-state index in [0.717, 1.165) is 103 Å². The number of carbonyl (C=O) groups excluding carboxylic acids is 4. The number of aliphatic carboxylic acids is 4. The number of hydrogen-bond acceptors (Lipinski definition) is 8. The maximum absolute atomic E-state index is 9.85. The Morgan fingerprint density at radius 1 is 0.351 bits per heavy atom. The van der Waals surface area contributed by atoms with Crippen molar-refractivity contribution < 1.29 is 65.8 Å². The molecule has 0 saturated carbocycles. The van der Waals surface area contributed by atoms with Crippen molar-refractivity contribution in [1.29, 1.82) is 0 Å². The van der Waals surface area contributed by atoms with Crippen LogP contribution in [0.25, 0.3) is 0 Å². The third kappa shape index (κ3) is 72.0. The van der Waals surface area contributed by atoms with Crippen LogP contribution < -0.4 is 20.4 Å². The molecule has 0 radical (unpaired) electrons. The molecule has 0 bridgehead atoms. The molecule has 0 aliphatic carbocycles. The minimum atomic E-state index is -0.925. The van der Waals surface area contributed by atoms with Gasteiger partial charge in [0.15, 0.2) is 0 Å². The van der Waals surface area contributed by atoms with Gasteiger partial charge in [0, 0.05) is 23.9 Å². The van der Waals surface area contributed by atoms with Crippen LogP contribution in [0.5, 0.6) is 0 Å². The molecule has 0 aliphatic rings. The molecule has 0 aromatic heterocycles. The fraction of sp³-hybridized carbons (Fsp3) is 0.857. The number of rotatable bonds is 20. The van der Waals surface area contributed by atoms with Gasteiger partial charge < -0.3 is 39.6 Å². The molecule has 0 aromatic rings. The molecular formula is C28H52O8Zr. The molecule has 9 heteroatoms. The SMILES string of the molecule is CCCCCCC(=O)[O-].CCCCCCC(=O)[O-].CCCCCCC(=O)[O-].CCCCCCC(=O)[O-].[Zr+4]. The summed E-state index contributed by atoms with van der Waals surface area (Å²) in [6.45, 7) is 8.38. The Labute approximate surface area is 245 Å². The number of hydrogen-bond donors (Lipinski definition) is 0. The summed E-state index contributed by atoms with van der Waals surface area (Å²) < 4.78 is 0. The molecule has 0 fully saturated rings. The van der Waals surface area contributed by atoms with E-state index in [9.17, 15) is 39.6 Å². The third-order valence-electron chi connectivity index (χ3n) is 4.94. The Kier molecular flexibility index (Phi) is 51.7. The number of carboxylic acids is 4. The van der Waals surface area contributed by atoms with Crippen LogP contribution in [0, 0.1) is 0 Å². The summed E-state index contributed by atoms with van der Waals surface area (Å²) in [6, 6.07) is 0. The average Bonchev–Trinajstić information content (AvgIpc) is 2.81. The summed E-state index contributed by atoms with van der Waals surface area (Å²) in [5.41, 5.74) is 0. The minimum absolute atomic E-state index is 0. The van der Waals surface area contributed by atoms with Gasteiger partial charge >= 0.3 is 26.2 Å². The molecule has 0 atom stereocenters. The van der Waals surface area contributed by atoms with E-state index in [-0.39, 0.29) is 51.9 Å². The molecular weight excluding hydrogens is 556 g/mol. The Balaban J connectivity index is -0.000000122. The number of carbonyl (C=O) groups is 4. The van der Waals surface area contributed by atoms with Crippen LogP contribution in [0.4, 0.5) is 0 Å². The van der Waals surface area contributed by atoms with Crippen molar-refractivity contribution in [2.45, 2.75) is 156 Å². The molecule has 0 unspecified atom stereocenters. The van der Waals surface area contributed by atoms with E-state index in [1.165, 1.54) is 0 Å². The first-order chi connectivity index (χ1) is 17.1. The molecule has 0 rings (SSSR count). The predicted molar refractivity (Wildman–Crippen MR) is 135 cm³/mol. The Morgan fingerprint density at radius 2 is 0.514 bits per heavy atom. The molecule has 0 spiro atoms. The summed E-state index contributed by atoms with van der Waals surface area (Å²) in [7, 11) is 0. The monoisotopic (exact) mass is 606 g/mol. The van der Waals surface area contributed by atoms with Gasteiger partial charge in [0.1, 0.15) is 0 Å². The van der Waals surface area contributed by atoms with Crippen LogP contribution in [0.1, 0.15) is 156 Å². The van der Waals surface area contributed by atoms with Crippen molar-refractivity contribution in [3.63, 3.8) is 0 Å². The van der Waals surface area contributed by atoms with Crippen molar-refractivity contribution in [2.24, 2.45) is 0 Å². The van der Waals surface area contributed by atoms with Crippen LogP contribution in [-0.4, -0.2) is 23.9 Å². The maximum Gasteiger partial charge on any atom is 4.00 e. The molecule has 0 amide bonds. The van der Waals surface area contributed by atoms with Gasteiger partial charge in [-0.05, 0) is 51.4 Å². The van der Waals surface area contributed by atoms with Gasteiger partial charge in [-0.2, -0.15) is 0 Å². The summed E-state index contributed by atoms with van der Waals surface area (Å²) >= 11 is 0. The van der Waals surface area contributed by atoms with Crippen LogP contribution in [-0.2, 0) is 45.4 Å². The van der Waals surface area contributed by atoms with Crippen molar-refractivity contribution in [2.75, 3.05) is 0 Å². The van der Waals surface area contributed by atoms with Crippen molar-refractivity contribution in [3.8, 4) is 0 Å². The number of carboxylic acid groups (broad SMARTS) is 4. The van der Waals surface area contributed by atoms with Crippen molar-refractivity contribution >= 4 is 23.9 Å². The van der Waals surface area contributed by atoms with Gasteiger partial charge in [0.05, 0.1) is 0 Å². The van der Waals surface area contributed by atoms with Crippen LogP contribution in [0.15, 0.2) is 0 Å². The van der Waals surface area contributed by atoms with Gasteiger partial charge in [-0.3, -0.25) is 0 Å². The quantitative estimate of drug-likeness (QED) is 0.191. The predicted octanol–water partition coefficient (Wildman–Crippen LogP) is 2.82. The fourth-order valence-corrected chi connectivity index (χ4v) is 2.78.